The van der Waals surface area contributed by atoms with E-state index in [0.717, 1.165) is 154 Å². The zero-order valence-corrected chi connectivity index (χ0v) is 49.4. The van der Waals surface area contributed by atoms with Gasteiger partial charge in [-0.1, -0.05) is 249 Å². The first kappa shape index (κ1) is 72.0. The molecule has 0 bridgehead atoms. The highest BCUT2D eigenvalue weighted by Gasteiger charge is 2.19. The Morgan fingerprint density at radius 1 is 0.260 bits per heavy atom. The fourth-order valence-electron chi connectivity index (χ4n) is 7.98. The van der Waals surface area contributed by atoms with Gasteiger partial charge in [0.2, 0.25) is 0 Å². The van der Waals surface area contributed by atoms with Crippen LogP contribution in [0.15, 0.2) is 158 Å². The SMILES string of the molecule is CC/C=C\C/C=C\C/C=C\C/C=C\C/C=C\C/C=C\CCCCC(=O)OC(COC(=O)CCCCCCC/C=C\C/C=C\C/C=C\CC)COC(=O)CCCCCCCCCCCC/C=C\C/C=C\C/C=C\C/C=C\CC. The molecule has 0 radical (unpaired) electrons. The molecule has 6 nitrogen and oxygen atoms in total. The van der Waals surface area contributed by atoms with Gasteiger partial charge in [0.15, 0.2) is 6.10 Å². The van der Waals surface area contributed by atoms with E-state index in [9.17, 15) is 14.4 Å². The van der Waals surface area contributed by atoms with Gasteiger partial charge < -0.3 is 14.2 Å². The molecule has 1 unspecified atom stereocenters. The summed E-state index contributed by atoms with van der Waals surface area (Å²) in [6.07, 6.45) is 92.4. The van der Waals surface area contributed by atoms with Crippen LogP contribution >= 0.6 is 0 Å². The molecule has 0 amide bonds. The summed E-state index contributed by atoms with van der Waals surface area (Å²) in [7, 11) is 0. The van der Waals surface area contributed by atoms with Gasteiger partial charge in [-0.2, -0.15) is 0 Å². The molecule has 1 atom stereocenters. The van der Waals surface area contributed by atoms with E-state index in [1.54, 1.807) is 0 Å². The van der Waals surface area contributed by atoms with Crippen LogP contribution in [0.5, 0.6) is 0 Å². The number of hydrogen-bond acceptors (Lipinski definition) is 6. The molecule has 0 fully saturated rings. The van der Waals surface area contributed by atoms with Gasteiger partial charge in [-0.3, -0.25) is 14.4 Å². The molecule has 0 rings (SSSR count). The lowest BCUT2D eigenvalue weighted by Gasteiger charge is -2.18. The predicted octanol–water partition coefficient (Wildman–Crippen LogP) is 21.3. The third kappa shape index (κ3) is 61.8. The highest BCUT2D eigenvalue weighted by atomic mass is 16.6. The van der Waals surface area contributed by atoms with Crippen LogP contribution in [-0.4, -0.2) is 37.2 Å². The second kappa shape index (κ2) is 63.6. The zero-order valence-electron chi connectivity index (χ0n) is 49.4. The van der Waals surface area contributed by atoms with Crippen LogP contribution in [-0.2, 0) is 28.6 Å². The van der Waals surface area contributed by atoms with Crippen LogP contribution in [0, 0.1) is 0 Å². The van der Waals surface area contributed by atoms with Gasteiger partial charge in [-0.05, 0) is 141 Å². The third-order valence-electron chi connectivity index (χ3n) is 12.5. The minimum absolute atomic E-state index is 0.110. The summed E-state index contributed by atoms with van der Waals surface area (Å²) in [5.74, 6) is -0.979. The summed E-state index contributed by atoms with van der Waals surface area (Å²) in [4.78, 5) is 38.3. The number of allylic oxidation sites excluding steroid dienone is 26. The molecular weight excluding hydrogens is 949 g/mol. The number of ether oxygens (including phenoxy) is 3. The maximum Gasteiger partial charge on any atom is 0.306 e. The molecule has 0 heterocycles. The van der Waals surface area contributed by atoms with Crippen molar-refractivity contribution in [3.8, 4) is 0 Å². The normalized spacial score (nSPS) is 13.2. The van der Waals surface area contributed by atoms with E-state index in [-0.39, 0.29) is 37.5 Å². The van der Waals surface area contributed by atoms with E-state index in [4.69, 9.17) is 14.2 Å². The maximum atomic E-state index is 12.9. The average molecular weight is 1060 g/mol. The molecular formula is C71H112O6. The van der Waals surface area contributed by atoms with E-state index in [0.29, 0.717) is 19.3 Å². The van der Waals surface area contributed by atoms with Crippen molar-refractivity contribution >= 4 is 17.9 Å². The van der Waals surface area contributed by atoms with E-state index in [1.165, 1.54) is 51.4 Å². The van der Waals surface area contributed by atoms with E-state index in [2.05, 4.69) is 179 Å². The number of hydrogen-bond donors (Lipinski definition) is 0. The first-order valence-corrected chi connectivity index (χ1v) is 31.0. The standard InChI is InChI=1S/C71H112O6/c1-4-7-10-13-16-19-22-25-28-30-32-34-35-37-38-40-43-46-49-52-55-58-61-64-70(73)76-67-68(66-75-69(72)63-60-57-54-51-48-45-42-27-24-21-18-15-12-9-6-3)77-71(74)65-62-59-56-53-50-47-44-41-39-36-33-31-29-26-23-20-17-14-11-8-5-2/h7-12,16-21,25-29,32-34,36,41-42,44,50,53,68H,4-6,13-15,22-24,30-31,35,37-40,43,45-49,51-52,54-67H2,1-3H3/b10-7-,11-8-,12-9-,19-16-,20-17-,21-18-,28-25-,29-26-,34-32-,36-33-,42-27-,44-41-,53-50-. The van der Waals surface area contributed by atoms with Crippen molar-refractivity contribution in [2.45, 2.75) is 258 Å². The van der Waals surface area contributed by atoms with Crippen molar-refractivity contribution in [1.29, 1.82) is 0 Å². The van der Waals surface area contributed by atoms with Gasteiger partial charge in [0.1, 0.15) is 13.2 Å². The Balaban J connectivity index is 4.49. The lowest BCUT2D eigenvalue weighted by molar-refractivity contribution is -0.167. The van der Waals surface area contributed by atoms with Crippen molar-refractivity contribution in [1.82, 2.24) is 0 Å². The minimum atomic E-state index is -0.819. The van der Waals surface area contributed by atoms with E-state index >= 15 is 0 Å². The molecule has 77 heavy (non-hydrogen) atoms. The van der Waals surface area contributed by atoms with Crippen molar-refractivity contribution in [2.75, 3.05) is 13.2 Å². The molecule has 0 spiro atoms. The number of carbonyl (C=O) groups excluding carboxylic acids is 3. The number of unbranched alkanes of at least 4 members (excludes halogenated alkanes) is 17. The third-order valence-corrected chi connectivity index (χ3v) is 12.5. The molecule has 432 valence electrons. The quantitative estimate of drug-likeness (QED) is 0.0261. The minimum Gasteiger partial charge on any atom is -0.462 e. The smallest absolute Gasteiger partial charge is 0.306 e. The Morgan fingerprint density at radius 3 is 0.753 bits per heavy atom. The van der Waals surface area contributed by atoms with Crippen molar-refractivity contribution in [3.63, 3.8) is 0 Å². The summed E-state index contributed by atoms with van der Waals surface area (Å²) in [6, 6.07) is 0. The van der Waals surface area contributed by atoms with Crippen LogP contribution < -0.4 is 0 Å². The Kier molecular flexibility index (Phi) is 59.5. The lowest BCUT2D eigenvalue weighted by atomic mass is 10.1. The highest BCUT2D eigenvalue weighted by molar-refractivity contribution is 5.71. The van der Waals surface area contributed by atoms with Crippen LogP contribution in [0.1, 0.15) is 252 Å². The molecule has 0 saturated heterocycles. The second-order valence-corrected chi connectivity index (χ2v) is 19.8. The van der Waals surface area contributed by atoms with Crippen molar-refractivity contribution < 1.29 is 28.6 Å². The molecule has 0 aromatic carbocycles. The lowest BCUT2D eigenvalue weighted by Crippen LogP contribution is -2.30. The number of rotatable bonds is 54. The van der Waals surface area contributed by atoms with Gasteiger partial charge >= 0.3 is 17.9 Å². The largest absolute Gasteiger partial charge is 0.462 e. The molecule has 0 aromatic rings. The van der Waals surface area contributed by atoms with Crippen LogP contribution in [0.25, 0.3) is 0 Å². The Hall–Kier alpha value is -4.97. The van der Waals surface area contributed by atoms with E-state index < -0.39 is 6.10 Å². The molecule has 0 saturated carbocycles. The van der Waals surface area contributed by atoms with Gasteiger partial charge in [0.25, 0.3) is 0 Å². The van der Waals surface area contributed by atoms with Gasteiger partial charge in [-0.15, -0.1) is 0 Å². The van der Waals surface area contributed by atoms with Crippen molar-refractivity contribution in [3.05, 3.63) is 158 Å². The zero-order chi connectivity index (χ0) is 55.7. The highest BCUT2D eigenvalue weighted by Crippen LogP contribution is 2.14. The summed E-state index contributed by atoms with van der Waals surface area (Å²) in [5, 5.41) is 0. The van der Waals surface area contributed by atoms with Gasteiger partial charge in [0.05, 0.1) is 0 Å². The molecule has 0 aromatic heterocycles. The summed E-state index contributed by atoms with van der Waals surface area (Å²) < 4.78 is 16.9. The van der Waals surface area contributed by atoms with Crippen LogP contribution in [0.3, 0.4) is 0 Å². The summed E-state index contributed by atoms with van der Waals surface area (Å²) in [5.41, 5.74) is 0. The Bertz CT molecular complexity index is 1740. The fourth-order valence-corrected chi connectivity index (χ4v) is 7.98. The van der Waals surface area contributed by atoms with Gasteiger partial charge in [-0.25, -0.2) is 0 Å². The maximum absolute atomic E-state index is 12.9. The molecule has 0 aliphatic heterocycles. The van der Waals surface area contributed by atoms with Crippen LogP contribution in [0.4, 0.5) is 0 Å². The Labute approximate surface area is 473 Å². The average Bonchev–Trinajstić information content (AvgIpc) is 3.43. The summed E-state index contributed by atoms with van der Waals surface area (Å²) in [6.45, 7) is 6.24. The number of esters is 3. The topological polar surface area (TPSA) is 78.9 Å². The Morgan fingerprint density at radius 2 is 0.468 bits per heavy atom. The predicted molar refractivity (Wildman–Crippen MR) is 334 cm³/mol. The molecule has 0 N–H and O–H groups in total. The van der Waals surface area contributed by atoms with Gasteiger partial charge in [0, 0.05) is 19.3 Å². The molecule has 6 heteroatoms. The molecule has 0 aliphatic rings. The van der Waals surface area contributed by atoms with Crippen LogP contribution in [0.2, 0.25) is 0 Å². The summed E-state index contributed by atoms with van der Waals surface area (Å²) >= 11 is 0. The molecule has 0 aliphatic carbocycles. The first-order valence-electron chi connectivity index (χ1n) is 31.0. The van der Waals surface area contributed by atoms with Crippen molar-refractivity contribution in [2.24, 2.45) is 0 Å². The van der Waals surface area contributed by atoms with E-state index in [1.807, 2.05) is 0 Å². The number of carbonyl (C=O) groups is 3. The monoisotopic (exact) mass is 1060 g/mol. The first-order chi connectivity index (χ1) is 38.0. The second-order valence-electron chi connectivity index (χ2n) is 19.8. The fraction of sp³-hybridized carbons (Fsp3) is 0.592.